The lowest BCUT2D eigenvalue weighted by molar-refractivity contribution is 0.541. The Morgan fingerprint density at radius 2 is 2.19 bits per heavy atom. The van der Waals surface area contributed by atoms with Gasteiger partial charge in [-0.3, -0.25) is 16.0 Å². The molecule has 16 heavy (non-hydrogen) atoms. The minimum absolute atomic E-state index is 0.0575. The van der Waals surface area contributed by atoms with Crippen molar-refractivity contribution in [3.05, 3.63) is 36.2 Å². The molecule has 0 amide bonds. The van der Waals surface area contributed by atoms with E-state index in [0.717, 1.165) is 11.3 Å². The molecule has 2 aromatic rings. The maximum Gasteiger partial charge on any atom is 0.115 e. The van der Waals surface area contributed by atoms with E-state index in [1.807, 2.05) is 13.2 Å². The Balaban J connectivity index is 2.12. The SMILES string of the molecule is Cn1cc(CC(NN)c2cncnc2)nn1. The van der Waals surface area contributed by atoms with Gasteiger partial charge in [-0.05, 0) is 0 Å². The van der Waals surface area contributed by atoms with Gasteiger partial charge in [0.05, 0.1) is 11.7 Å². The number of aryl methyl sites for hydroxylation is 1. The maximum atomic E-state index is 5.50. The van der Waals surface area contributed by atoms with Gasteiger partial charge in [-0.2, -0.15) is 0 Å². The molecular weight excluding hydrogens is 206 g/mol. The average molecular weight is 219 g/mol. The monoisotopic (exact) mass is 219 g/mol. The smallest absolute Gasteiger partial charge is 0.115 e. The van der Waals surface area contributed by atoms with Crippen molar-refractivity contribution in [2.24, 2.45) is 12.9 Å². The molecule has 2 aromatic heterocycles. The van der Waals surface area contributed by atoms with Crippen LogP contribution in [0.15, 0.2) is 24.9 Å². The predicted molar refractivity (Wildman–Crippen MR) is 56.8 cm³/mol. The van der Waals surface area contributed by atoms with Crippen LogP contribution in [0.2, 0.25) is 0 Å². The van der Waals surface area contributed by atoms with Gasteiger partial charge in [-0.15, -0.1) is 5.10 Å². The molecule has 84 valence electrons. The Kier molecular flexibility index (Phi) is 3.18. The van der Waals surface area contributed by atoms with Crippen molar-refractivity contribution in [3.63, 3.8) is 0 Å². The summed E-state index contributed by atoms with van der Waals surface area (Å²) in [4.78, 5) is 7.90. The molecular formula is C9H13N7. The van der Waals surface area contributed by atoms with Gasteiger partial charge >= 0.3 is 0 Å². The molecule has 1 atom stereocenters. The average Bonchev–Trinajstić information content (AvgIpc) is 2.73. The van der Waals surface area contributed by atoms with Gasteiger partial charge in [0.1, 0.15) is 6.33 Å². The summed E-state index contributed by atoms with van der Waals surface area (Å²) in [6.07, 6.45) is 7.45. The Morgan fingerprint density at radius 1 is 1.44 bits per heavy atom. The fourth-order valence-corrected chi connectivity index (χ4v) is 1.46. The molecule has 2 heterocycles. The first-order valence-electron chi connectivity index (χ1n) is 4.86. The predicted octanol–water partition coefficient (Wildman–Crippen LogP) is -0.648. The topological polar surface area (TPSA) is 94.5 Å². The van der Waals surface area contributed by atoms with Crippen molar-refractivity contribution in [2.45, 2.75) is 12.5 Å². The highest BCUT2D eigenvalue weighted by atomic mass is 15.4. The van der Waals surface area contributed by atoms with Crippen molar-refractivity contribution in [3.8, 4) is 0 Å². The molecule has 0 aliphatic carbocycles. The van der Waals surface area contributed by atoms with Gasteiger partial charge in [0, 0.05) is 37.6 Å². The number of hydrogen-bond donors (Lipinski definition) is 2. The van der Waals surface area contributed by atoms with E-state index < -0.39 is 0 Å². The van der Waals surface area contributed by atoms with E-state index >= 15 is 0 Å². The lowest BCUT2D eigenvalue weighted by Crippen LogP contribution is -2.29. The fraction of sp³-hybridized carbons (Fsp3) is 0.333. The molecule has 0 spiro atoms. The molecule has 0 radical (unpaired) electrons. The quantitative estimate of drug-likeness (QED) is 0.524. The first kappa shape index (κ1) is 10.7. The fourth-order valence-electron chi connectivity index (χ4n) is 1.46. The zero-order valence-electron chi connectivity index (χ0n) is 8.91. The number of aromatic nitrogens is 5. The standard InChI is InChI=1S/C9H13N7/c1-16-5-8(14-15-16)2-9(13-10)7-3-11-6-12-4-7/h3-6,9,13H,2,10H2,1H3. The Morgan fingerprint density at radius 3 is 2.75 bits per heavy atom. The minimum Gasteiger partial charge on any atom is -0.271 e. The second-order valence-electron chi connectivity index (χ2n) is 3.48. The number of hydrazine groups is 1. The van der Waals surface area contributed by atoms with Gasteiger partial charge < -0.3 is 0 Å². The van der Waals surface area contributed by atoms with Crippen molar-refractivity contribution < 1.29 is 0 Å². The molecule has 7 nitrogen and oxygen atoms in total. The summed E-state index contributed by atoms with van der Waals surface area (Å²) in [6.45, 7) is 0. The lowest BCUT2D eigenvalue weighted by atomic mass is 10.1. The van der Waals surface area contributed by atoms with Crippen molar-refractivity contribution in [2.75, 3.05) is 0 Å². The second kappa shape index (κ2) is 4.77. The third kappa shape index (κ3) is 2.38. The second-order valence-corrected chi connectivity index (χ2v) is 3.48. The van der Waals surface area contributed by atoms with Crippen molar-refractivity contribution in [1.29, 1.82) is 0 Å². The van der Waals surface area contributed by atoms with Crippen LogP contribution in [0.1, 0.15) is 17.3 Å². The number of nitrogens with zero attached hydrogens (tertiary/aromatic N) is 5. The van der Waals surface area contributed by atoms with Gasteiger partial charge in [0.2, 0.25) is 0 Å². The van der Waals surface area contributed by atoms with Gasteiger partial charge in [0.15, 0.2) is 0 Å². The van der Waals surface area contributed by atoms with Crippen LogP contribution in [0.25, 0.3) is 0 Å². The molecule has 0 bridgehead atoms. The third-order valence-electron chi connectivity index (χ3n) is 2.25. The largest absolute Gasteiger partial charge is 0.271 e. The van der Waals surface area contributed by atoms with Crippen LogP contribution in [-0.2, 0) is 13.5 Å². The van der Waals surface area contributed by atoms with Crippen LogP contribution in [0.4, 0.5) is 0 Å². The number of hydrogen-bond acceptors (Lipinski definition) is 6. The number of nitrogens with two attached hydrogens (primary N) is 1. The van der Waals surface area contributed by atoms with E-state index in [-0.39, 0.29) is 6.04 Å². The number of rotatable bonds is 4. The lowest BCUT2D eigenvalue weighted by Gasteiger charge is -2.13. The molecule has 3 N–H and O–H groups in total. The van der Waals surface area contributed by atoms with Gasteiger partial charge in [0.25, 0.3) is 0 Å². The van der Waals surface area contributed by atoms with E-state index in [4.69, 9.17) is 5.84 Å². The molecule has 1 unspecified atom stereocenters. The Labute approximate surface area is 92.7 Å². The van der Waals surface area contributed by atoms with Gasteiger partial charge in [-0.1, -0.05) is 5.21 Å². The molecule has 2 rings (SSSR count). The summed E-state index contributed by atoms with van der Waals surface area (Å²) in [6, 6.07) is -0.0575. The first-order valence-corrected chi connectivity index (χ1v) is 4.86. The minimum atomic E-state index is -0.0575. The van der Waals surface area contributed by atoms with Crippen LogP contribution in [0.5, 0.6) is 0 Å². The van der Waals surface area contributed by atoms with Crippen LogP contribution >= 0.6 is 0 Å². The molecule has 0 saturated heterocycles. The zero-order valence-corrected chi connectivity index (χ0v) is 8.91. The highest BCUT2D eigenvalue weighted by Crippen LogP contribution is 2.13. The maximum absolute atomic E-state index is 5.50. The van der Waals surface area contributed by atoms with Gasteiger partial charge in [-0.25, -0.2) is 9.97 Å². The molecule has 7 heteroatoms. The third-order valence-corrected chi connectivity index (χ3v) is 2.25. The Bertz CT molecular complexity index is 438. The molecule has 0 aliphatic heterocycles. The molecule has 0 aliphatic rings. The van der Waals surface area contributed by atoms with E-state index in [1.165, 1.54) is 6.33 Å². The van der Waals surface area contributed by atoms with Crippen LogP contribution in [0.3, 0.4) is 0 Å². The molecule has 0 fully saturated rings. The summed E-state index contributed by atoms with van der Waals surface area (Å²) in [7, 11) is 1.83. The van der Waals surface area contributed by atoms with E-state index in [2.05, 4.69) is 25.7 Å². The van der Waals surface area contributed by atoms with Crippen molar-refractivity contribution >= 4 is 0 Å². The van der Waals surface area contributed by atoms with Crippen molar-refractivity contribution in [1.82, 2.24) is 30.4 Å². The summed E-state index contributed by atoms with van der Waals surface area (Å²) >= 11 is 0. The summed E-state index contributed by atoms with van der Waals surface area (Å²) in [5, 5.41) is 7.87. The summed E-state index contributed by atoms with van der Waals surface area (Å²) in [5.41, 5.74) is 4.52. The zero-order chi connectivity index (χ0) is 11.4. The van der Waals surface area contributed by atoms with E-state index in [1.54, 1.807) is 17.1 Å². The highest BCUT2D eigenvalue weighted by molar-refractivity contribution is 5.12. The van der Waals surface area contributed by atoms with E-state index in [0.29, 0.717) is 6.42 Å². The van der Waals surface area contributed by atoms with E-state index in [9.17, 15) is 0 Å². The molecule has 0 saturated carbocycles. The van der Waals surface area contributed by atoms with Crippen LogP contribution < -0.4 is 11.3 Å². The molecule has 0 aromatic carbocycles. The normalized spacial score (nSPS) is 12.6. The number of nitrogens with one attached hydrogen (secondary N) is 1. The summed E-state index contributed by atoms with van der Waals surface area (Å²) < 4.78 is 1.66. The van der Waals surface area contributed by atoms with Crippen LogP contribution in [-0.4, -0.2) is 25.0 Å². The highest BCUT2D eigenvalue weighted by Gasteiger charge is 2.12. The first-order chi connectivity index (χ1) is 7.79. The van der Waals surface area contributed by atoms with Crippen LogP contribution in [0, 0.1) is 0 Å². The summed E-state index contributed by atoms with van der Waals surface area (Å²) in [5.74, 6) is 5.50. The Hall–Kier alpha value is -1.86.